The molecular weight excluding hydrogens is 342 g/mol. The highest BCUT2D eigenvalue weighted by atomic mass is 35.5. The van der Waals surface area contributed by atoms with Crippen molar-refractivity contribution in [1.29, 1.82) is 0 Å². The summed E-state index contributed by atoms with van der Waals surface area (Å²) < 4.78 is 5.13. The van der Waals surface area contributed by atoms with Crippen LogP contribution >= 0.6 is 11.6 Å². The molecule has 0 fully saturated rings. The van der Waals surface area contributed by atoms with Gasteiger partial charge < -0.3 is 21.1 Å². The summed E-state index contributed by atoms with van der Waals surface area (Å²) in [6.07, 6.45) is 3.23. The maximum Gasteiger partial charge on any atom is 0.323 e. The van der Waals surface area contributed by atoms with Gasteiger partial charge in [-0.15, -0.1) is 0 Å². The van der Waals surface area contributed by atoms with E-state index in [1.54, 1.807) is 12.1 Å². The van der Waals surface area contributed by atoms with Crippen LogP contribution in [-0.2, 0) is 11.2 Å². The zero-order valence-corrected chi connectivity index (χ0v) is 14.2. The zero-order chi connectivity index (χ0) is 17.6. The number of amides is 2. The minimum atomic E-state index is -0.343. The van der Waals surface area contributed by atoms with Crippen LogP contribution in [0.2, 0.25) is 5.15 Å². The third kappa shape index (κ3) is 5.09. The number of hydrogen-bond donors (Lipinski definition) is 3. The summed E-state index contributed by atoms with van der Waals surface area (Å²) in [6, 6.07) is 11.0. The summed E-state index contributed by atoms with van der Waals surface area (Å²) in [4.78, 5) is 20.1. The molecule has 0 radical (unpaired) electrons. The van der Waals surface area contributed by atoms with Gasteiger partial charge in [0.15, 0.2) is 0 Å². The number of nitrogens with zero attached hydrogens (tertiary/aromatic N) is 2. The van der Waals surface area contributed by atoms with Crippen molar-refractivity contribution in [1.82, 2.24) is 4.98 Å². The first-order valence-corrected chi connectivity index (χ1v) is 8.21. The van der Waals surface area contributed by atoms with Crippen molar-refractivity contribution in [2.24, 2.45) is 10.7 Å². The highest BCUT2D eigenvalue weighted by molar-refractivity contribution is 6.29. The predicted octanol–water partition coefficient (Wildman–Crippen LogP) is 3.03. The molecule has 3 rings (SSSR count). The number of aryl methyl sites for hydroxylation is 1. The average molecular weight is 360 g/mol. The molecule has 0 saturated carbocycles. The molecule has 2 amide bonds. The largest absolute Gasteiger partial charge is 0.463 e. The summed E-state index contributed by atoms with van der Waals surface area (Å²) in [7, 11) is 0. The van der Waals surface area contributed by atoms with Crippen molar-refractivity contribution in [3.05, 3.63) is 53.3 Å². The number of rotatable bonds is 5. The maximum atomic E-state index is 12.0. The molecule has 2 aromatic rings. The number of aliphatic imine (C=N–C) groups is 1. The number of pyridine rings is 1. The summed E-state index contributed by atoms with van der Waals surface area (Å²) in [5.41, 5.74) is 7.92. The topological polar surface area (TPSA) is 102 Å². The summed E-state index contributed by atoms with van der Waals surface area (Å²) in [6.45, 7) is 0.547. The van der Waals surface area contributed by atoms with Crippen molar-refractivity contribution in [3.8, 4) is 0 Å². The van der Waals surface area contributed by atoms with Gasteiger partial charge in [-0.05, 0) is 42.7 Å². The van der Waals surface area contributed by atoms with Crippen LogP contribution < -0.4 is 16.4 Å². The van der Waals surface area contributed by atoms with E-state index in [9.17, 15) is 4.79 Å². The number of nitrogens with two attached hydrogens (primary N) is 1. The molecule has 1 unspecified atom stereocenters. The van der Waals surface area contributed by atoms with Gasteiger partial charge in [0.25, 0.3) is 6.02 Å². The number of anilines is 2. The molecule has 2 heterocycles. The van der Waals surface area contributed by atoms with Crippen molar-refractivity contribution in [2.45, 2.75) is 18.9 Å². The molecule has 8 heteroatoms. The van der Waals surface area contributed by atoms with Gasteiger partial charge >= 0.3 is 6.03 Å². The number of aromatic nitrogens is 1. The Morgan fingerprint density at radius 1 is 1.20 bits per heavy atom. The van der Waals surface area contributed by atoms with E-state index < -0.39 is 0 Å². The molecule has 1 aromatic heterocycles. The Morgan fingerprint density at radius 2 is 1.92 bits per heavy atom. The Morgan fingerprint density at radius 3 is 2.56 bits per heavy atom. The summed E-state index contributed by atoms with van der Waals surface area (Å²) in [5, 5.41) is 5.83. The third-order valence-corrected chi connectivity index (χ3v) is 3.92. The lowest BCUT2D eigenvalue weighted by Gasteiger charge is -2.09. The van der Waals surface area contributed by atoms with Crippen LogP contribution in [0.5, 0.6) is 0 Å². The van der Waals surface area contributed by atoms with Gasteiger partial charge in [0.05, 0.1) is 17.9 Å². The minimum absolute atomic E-state index is 0.122. The quantitative estimate of drug-likeness (QED) is 0.714. The zero-order valence-electron chi connectivity index (χ0n) is 13.4. The van der Waals surface area contributed by atoms with Crippen LogP contribution in [0.4, 0.5) is 16.2 Å². The molecule has 1 atom stereocenters. The number of benzene rings is 1. The van der Waals surface area contributed by atoms with E-state index in [4.69, 9.17) is 22.1 Å². The first kappa shape index (κ1) is 17.0. The van der Waals surface area contributed by atoms with Crippen LogP contribution in [0.1, 0.15) is 12.0 Å². The van der Waals surface area contributed by atoms with Crippen LogP contribution in [-0.4, -0.2) is 29.7 Å². The lowest BCUT2D eigenvalue weighted by molar-refractivity contribution is 0.262. The number of amidine groups is 1. The first-order chi connectivity index (χ1) is 12.1. The van der Waals surface area contributed by atoms with Crippen molar-refractivity contribution >= 4 is 35.0 Å². The number of carbonyl (C=O) groups is 1. The number of urea groups is 1. The van der Waals surface area contributed by atoms with E-state index in [2.05, 4.69) is 20.6 Å². The molecule has 1 aliphatic rings. The molecular formula is C17H18ClN5O2. The van der Waals surface area contributed by atoms with Crippen LogP contribution in [0.25, 0.3) is 0 Å². The number of halogens is 1. The van der Waals surface area contributed by atoms with Gasteiger partial charge in [0.2, 0.25) is 0 Å². The van der Waals surface area contributed by atoms with E-state index in [1.165, 1.54) is 6.20 Å². The Kier molecular flexibility index (Phi) is 5.35. The molecule has 0 spiro atoms. The summed E-state index contributed by atoms with van der Waals surface area (Å²) in [5.74, 6) is 0. The Hall–Kier alpha value is -2.80. The van der Waals surface area contributed by atoms with Gasteiger partial charge in [-0.25, -0.2) is 14.8 Å². The Balaban J connectivity index is 1.48. The van der Waals surface area contributed by atoms with Gasteiger partial charge in [-0.2, -0.15) is 0 Å². The first-order valence-electron chi connectivity index (χ1n) is 7.83. The fraction of sp³-hybridized carbons (Fsp3) is 0.235. The lowest BCUT2D eigenvalue weighted by Crippen LogP contribution is -2.19. The average Bonchev–Trinajstić information content (AvgIpc) is 3.02. The predicted molar refractivity (Wildman–Crippen MR) is 98.0 cm³/mol. The maximum absolute atomic E-state index is 12.0. The smallest absolute Gasteiger partial charge is 0.323 e. The van der Waals surface area contributed by atoms with Gasteiger partial charge in [-0.1, -0.05) is 23.7 Å². The fourth-order valence-corrected chi connectivity index (χ4v) is 2.53. The standard InChI is InChI=1S/C17H18ClN5O2/c18-15-8-7-13(9-20-15)23-17(24)22-12-4-1-11(2-5-12)3-6-14-10-25-16(19)21-14/h1-2,4-5,7-9,14H,3,6,10H2,(H2,19,21)(H2,22,23,24). The van der Waals surface area contributed by atoms with Crippen LogP contribution in [0.3, 0.4) is 0 Å². The minimum Gasteiger partial charge on any atom is -0.463 e. The second kappa shape index (κ2) is 7.85. The highest BCUT2D eigenvalue weighted by Crippen LogP contribution is 2.15. The monoisotopic (exact) mass is 359 g/mol. The Bertz CT molecular complexity index is 762. The van der Waals surface area contributed by atoms with E-state index in [0.29, 0.717) is 23.1 Å². The van der Waals surface area contributed by atoms with E-state index in [1.807, 2.05) is 24.3 Å². The van der Waals surface area contributed by atoms with E-state index >= 15 is 0 Å². The fourth-order valence-electron chi connectivity index (χ4n) is 2.42. The van der Waals surface area contributed by atoms with Gasteiger partial charge in [0.1, 0.15) is 11.8 Å². The van der Waals surface area contributed by atoms with E-state index in [-0.39, 0.29) is 18.1 Å². The molecule has 4 N–H and O–H groups in total. The van der Waals surface area contributed by atoms with Crippen molar-refractivity contribution < 1.29 is 9.53 Å². The molecule has 0 bridgehead atoms. The summed E-state index contributed by atoms with van der Waals surface area (Å²) >= 11 is 5.71. The van der Waals surface area contributed by atoms with Crippen molar-refractivity contribution in [3.63, 3.8) is 0 Å². The third-order valence-electron chi connectivity index (χ3n) is 3.70. The van der Waals surface area contributed by atoms with Crippen LogP contribution in [0.15, 0.2) is 47.6 Å². The number of carbonyl (C=O) groups excluding carboxylic acids is 1. The van der Waals surface area contributed by atoms with Crippen LogP contribution in [0, 0.1) is 0 Å². The van der Waals surface area contributed by atoms with Gasteiger partial charge in [-0.3, -0.25) is 0 Å². The number of hydrogen-bond acceptors (Lipinski definition) is 5. The molecule has 1 aliphatic heterocycles. The molecule has 1 aromatic carbocycles. The number of nitrogens with one attached hydrogen (secondary N) is 2. The molecule has 7 nitrogen and oxygen atoms in total. The second-order valence-corrected chi connectivity index (χ2v) is 6.00. The van der Waals surface area contributed by atoms with E-state index in [0.717, 1.165) is 18.4 Å². The van der Waals surface area contributed by atoms with Crippen molar-refractivity contribution in [2.75, 3.05) is 17.2 Å². The SMILES string of the molecule is NC1=NC(CCc2ccc(NC(=O)Nc3ccc(Cl)nc3)cc2)CO1. The normalized spacial score (nSPS) is 16.0. The lowest BCUT2D eigenvalue weighted by atomic mass is 10.1. The molecule has 0 saturated heterocycles. The second-order valence-electron chi connectivity index (χ2n) is 5.62. The van der Waals surface area contributed by atoms with Gasteiger partial charge in [0, 0.05) is 5.69 Å². The molecule has 25 heavy (non-hydrogen) atoms. The molecule has 130 valence electrons. The number of ether oxygens (including phenoxy) is 1. The Labute approximate surface area is 150 Å². The highest BCUT2D eigenvalue weighted by Gasteiger charge is 2.16. The molecule has 0 aliphatic carbocycles.